The molecule has 0 aromatic carbocycles. The van der Waals surface area contributed by atoms with Gasteiger partial charge in [0.05, 0.1) is 0 Å². The Hall–Kier alpha value is -0.300. The summed E-state index contributed by atoms with van der Waals surface area (Å²) in [4.78, 5) is 0. The van der Waals surface area contributed by atoms with Crippen molar-refractivity contribution in [3.05, 3.63) is 11.1 Å². The minimum absolute atomic E-state index is 0.465. The molecule has 0 spiro atoms. The van der Waals surface area contributed by atoms with Crippen LogP contribution in [0.5, 0.6) is 0 Å². The van der Waals surface area contributed by atoms with Gasteiger partial charge in [-0.3, -0.25) is 0 Å². The van der Waals surface area contributed by atoms with Crippen LogP contribution in [0.2, 0.25) is 0 Å². The standard InChI is InChI=1S/C13H23N/c1-9-3-4-11(7-10(9)2)12-5-6-13(14)8-12/h9-10,13H,3-8,14H2,1-2H3/b12-11-. The molecule has 0 amide bonds. The van der Waals surface area contributed by atoms with Gasteiger partial charge >= 0.3 is 0 Å². The molecule has 0 bridgehead atoms. The third-order valence-electron chi connectivity index (χ3n) is 4.27. The van der Waals surface area contributed by atoms with E-state index >= 15 is 0 Å². The minimum atomic E-state index is 0.465. The topological polar surface area (TPSA) is 26.0 Å². The van der Waals surface area contributed by atoms with E-state index in [1.54, 1.807) is 11.1 Å². The molecule has 0 saturated heterocycles. The number of allylic oxidation sites excluding steroid dienone is 1. The van der Waals surface area contributed by atoms with Crippen LogP contribution in [0.3, 0.4) is 0 Å². The molecule has 2 rings (SSSR count). The lowest BCUT2D eigenvalue weighted by molar-refractivity contribution is 0.321. The largest absolute Gasteiger partial charge is 0.327 e. The summed E-state index contributed by atoms with van der Waals surface area (Å²) >= 11 is 0. The summed E-state index contributed by atoms with van der Waals surface area (Å²) in [6.07, 6.45) is 7.81. The molecule has 0 aliphatic heterocycles. The van der Waals surface area contributed by atoms with Crippen molar-refractivity contribution in [3.63, 3.8) is 0 Å². The van der Waals surface area contributed by atoms with Gasteiger partial charge in [-0.1, -0.05) is 25.0 Å². The van der Waals surface area contributed by atoms with Crippen LogP contribution in [-0.2, 0) is 0 Å². The highest BCUT2D eigenvalue weighted by Gasteiger charge is 2.25. The van der Waals surface area contributed by atoms with Crippen LogP contribution in [0.1, 0.15) is 52.4 Å². The van der Waals surface area contributed by atoms with Crippen LogP contribution in [0, 0.1) is 11.8 Å². The molecule has 2 fully saturated rings. The summed E-state index contributed by atoms with van der Waals surface area (Å²) in [5, 5.41) is 0. The van der Waals surface area contributed by atoms with Crippen LogP contribution in [-0.4, -0.2) is 6.04 Å². The summed E-state index contributed by atoms with van der Waals surface area (Å²) in [5.74, 6) is 1.82. The number of rotatable bonds is 0. The molecule has 2 aliphatic carbocycles. The van der Waals surface area contributed by atoms with Crippen molar-refractivity contribution in [1.82, 2.24) is 0 Å². The van der Waals surface area contributed by atoms with E-state index in [-0.39, 0.29) is 0 Å². The van der Waals surface area contributed by atoms with E-state index < -0.39 is 0 Å². The highest BCUT2D eigenvalue weighted by Crippen LogP contribution is 2.38. The van der Waals surface area contributed by atoms with E-state index in [1.165, 1.54) is 38.5 Å². The quantitative estimate of drug-likeness (QED) is 0.587. The van der Waals surface area contributed by atoms with Crippen LogP contribution in [0.15, 0.2) is 11.1 Å². The van der Waals surface area contributed by atoms with E-state index in [2.05, 4.69) is 13.8 Å². The van der Waals surface area contributed by atoms with Crippen LogP contribution in [0.4, 0.5) is 0 Å². The first-order valence-corrected chi connectivity index (χ1v) is 6.12. The van der Waals surface area contributed by atoms with Crippen molar-refractivity contribution in [3.8, 4) is 0 Å². The average molecular weight is 193 g/mol. The van der Waals surface area contributed by atoms with Crippen molar-refractivity contribution in [2.75, 3.05) is 0 Å². The lowest BCUT2D eigenvalue weighted by Crippen LogP contribution is -2.17. The minimum Gasteiger partial charge on any atom is -0.327 e. The summed E-state index contributed by atoms with van der Waals surface area (Å²) in [6, 6.07) is 0.465. The van der Waals surface area contributed by atoms with E-state index in [9.17, 15) is 0 Å². The molecule has 3 atom stereocenters. The molecule has 0 aromatic heterocycles. The van der Waals surface area contributed by atoms with Gasteiger partial charge in [0, 0.05) is 6.04 Å². The van der Waals surface area contributed by atoms with Crippen LogP contribution >= 0.6 is 0 Å². The lowest BCUT2D eigenvalue weighted by atomic mass is 9.77. The first kappa shape index (κ1) is 10.2. The molecule has 80 valence electrons. The summed E-state index contributed by atoms with van der Waals surface area (Å²) in [5.41, 5.74) is 9.45. The summed E-state index contributed by atoms with van der Waals surface area (Å²) in [7, 11) is 0. The molecule has 14 heavy (non-hydrogen) atoms. The number of hydrogen-bond acceptors (Lipinski definition) is 1. The van der Waals surface area contributed by atoms with Gasteiger partial charge < -0.3 is 5.73 Å². The first-order chi connectivity index (χ1) is 6.66. The maximum Gasteiger partial charge on any atom is 0.00792 e. The summed E-state index contributed by atoms with van der Waals surface area (Å²) in [6.45, 7) is 4.80. The Morgan fingerprint density at radius 3 is 2.14 bits per heavy atom. The highest BCUT2D eigenvalue weighted by atomic mass is 14.6. The Bertz CT molecular complexity index is 242. The second kappa shape index (κ2) is 4.06. The fourth-order valence-electron chi connectivity index (χ4n) is 2.90. The molecule has 0 heterocycles. The molecule has 0 radical (unpaired) electrons. The highest BCUT2D eigenvalue weighted by molar-refractivity contribution is 5.21. The average Bonchev–Trinajstić information content (AvgIpc) is 2.57. The normalized spacial score (nSPS) is 44.4. The first-order valence-electron chi connectivity index (χ1n) is 6.12. The molecule has 1 nitrogen and oxygen atoms in total. The Morgan fingerprint density at radius 1 is 0.929 bits per heavy atom. The predicted molar refractivity (Wildman–Crippen MR) is 61.0 cm³/mol. The number of nitrogens with two attached hydrogens (primary N) is 1. The molecule has 2 N–H and O–H groups in total. The van der Waals surface area contributed by atoms with Crippen molar-refractivity contribution in [2.45, 2.75) is 58.4 Å². The maximum atomic E-state index is 5.96. The SMILES string of the molecule is CC1CC/C(=C2\CCC(N)C2)CC1C. The molecule has 3 unspecified atom stereocenters. The van der Waals surface area contributed by atoms with Crippen LogP contribution < -0.4 is 5.73 Å². The van der Waals surface area contributed by atoms with Gasteiger partial charge in [-0.2, -0.15) is 0 Å². The Labute approximate surface area is 87.8 Å². The lowest BCUT2D eigenvalue weighted by Gasteiger charge is -2.29. The van der Waals surface area contributed by atoms with Crippen LogP contribution in [0.25, 0.3) is 0 Å². The smallest absolute Gasteiger partial charge is 0.00792 e. The van der Waals surface area contributed by atoms with Gasteiger partial charge in [0.2, 0.25) is 0 Å². The molecule has 2 aliphatic rings. The van der Waals surface area contributed by atoms with E-state index in [1.807, 2.05) is 0 Å². The zero-order chi connectivity index (χ0) is 10.1. The third kappa shape index (κ3) is 2.03. The van der Waals surface area contributed by atoms with E-state index in [0.29, 0.717) is 6.04 Å². The van der Waals surface area contributed by atoms with E-state index in [0.717, 1.165) is 11.8 Å². The fourth-order valence-corrected chi connectivity index (χ4v) is 2.90. The van der Waals surface area contributed by atoms with Gasteiger partial charge in [0.1, 0.15) is 0 Å². The maximum absolute atomic E-state index is 5.96. The van der Waals surface area contributed by atoms with Crippen molar-refractivity contribution >= 4 is 0 Å². The van der Waals surface area contributed by atoms with Crippen molar-refractivity contribution < 1.29 is 0 Å². The van der Waals surface area contributed by atoms with Crippen molar-refractivity contribution in [1.29, 1.82) is 0 Å². The monoisotopic (exact) mass is 193 g/mol. The fraction of sp³-hybridized carbons (Fsp3) is 0.846. The molecule has 0 aromatic rings. The Kier molecular flexibility index (Phi) is 2.96. The zero-order valence-corrected chi connectivity index (χ0v) is 9.55. The second-order valence-corrected chi connectivity index (χ2v) is 5.41. The third-order valence-corrected chi connectivity index (χ3v) is 4.27. The van der Waals surface area contributed by atoms with Crippen molar-refractivity contribution in [2.24, 2.45) is 17.6 Å². The summed E-state index contributed by atoms with van der Waals surface area (Å²) < 4.78 is 0. The van der Waals surface area contributed by atoms with Gasteiger partial charge in [0.15, 0.2) is 0 Å². The predicted octanol–water partition coefficient (Wildman–Crippen LogP) is 3.25. The van der Waals surface area contributed by atoms with Gasteiger partial charge in [-0.05, 0) is 50.4 Å². The Morgan fingerprint density at radius 2 is 1.57 bits per heavy atom. The van der Waals surface area contributed by atoms with E-state index in [4.69, 9.17) is 5.73 Å². The molecular weight excluding hydrogens is 170 g/mol. The zero-order valence-electron chi connectivity index (χ0n) is 9.55. The molecule has 1 heteroatoms. The van der Waals surface area contributed by atoms with Gasteiger partial charge in [-0.25, -0.2) is 0 Å². The van der Waals surface area contributed by atoms with Gasteiger partial charge in [-0.15, -0.1) is 0 Å². The molecule has 2 saturated carbocycles. The molecular formula is C13H23N. The van der Waals surface area contributed by atoms with Gasteiger partial charge in [0.25, 0.3) is 0 Å². The number of hydrogen-bond donors (Lipinski definition) is 1. The Balaban J connectivity index is 2.05. The second-order valence-electron chi connectivity index (χ2n) is 5.41.